The zero-order valence-electron chi connectivity index (χ0n) is 17.5. The van der Waals surface area contributed by atoms with Gasteiger partial charge in [-0.15, -0.1) is 0 Å². The fraction of sp³-hybridized carbons (Fsp3) is 0.318. The van der Waals surface area contributed by atoms with Crippen molar-refractivity contribution in [2.45, 2.75) is 18.7 Å². The van der Waals surface area contributed by atoms with E-state index in [1.165, 1.54) is 21.1 Å². The lowest BCUT2D eigenvalue weighted by Gasteiger charge is -2.17. The summed E-state index contributed by atoms with van der Waals surface area (Å²) in [5.74, 6) is 0.411. The van der Waals surface area contributed by atoms with Gasteiger partial charge < -0.3 is 14.6 Å². The molecular weight excluding hydrogens is 402 g/mol. The lowest BCUT2D eigenvalue weighted by atomic mass is 10.1. The van der Waals surface area contributed by atoms with E-state index >= 15 is 0 Å². The van der Waals surface area contributed by atoms with Crippen LogP contribution >= 0.6 is 0 Å². The molecule has 7 nitrogen and oxygen atoms in total. The van der Waals surface area contributed by atoms with Crippen LogP contribution in [0.25, 0.3) is 10.8 Å². The van der Waals surface area contributed by atoms with Crippen LogP contribution in [0.2, 0.25) is 0 Å². The SMILES string of the molecule is CCN(CC)S(=O)(=O)c1cc(C(=O)NCCOc2cccc3ccccc23)n(C)c1. The average molecular weight is 430 g/mol. The van der Waals surface area contributed by atoms with Crippen molar-refractivity contribution in [2.75, 3.05) is 26.2 Å². The molecule has 3 rings (SSSR count). The summed E-state index contributed by atoms with van der Waals surface area (Å²) in [5, 5.41) is 4.89. The van der Waals surface area contributed by atoms with Gasteiger partial charge in [0.25, 0.3) is 5.91 Å². The molecule has 3 aromatic rings. The topological polar surface area (TPSA) is 80.6 Å². The van der Waals surface area contributed by atoms with Crippen LogP contribution in [-0.2, 0) is 17.1 Å². The van der Waals surface area contributed by atoms with Crippen LogP contribution in [0, 0.1) is 0 Å². The van der Waals surface area contributed by atoms with Crippen LogP contribution in [-0.4, -0.2) is 49.4 Å². The molecule has 1 heterocycles. The van der Waals surface area contributed by atoms with E-state index in [9.17, 15) is 13.2 Å². The maximum Gasteiger partial charge on any atom is 0.268 e. The number of sulfonamides is 1. The number of benzene rings is 2. The molecule has 0 spiro atoms. The number of carbonyl (C=O) groups excluding carboxylic acids is 1. The monoisotopic (exact) mass is 429 g/mol. The maximum atomic E-state index is 12.7. The highest BCUT2D eigenvalue weighted by Crippen LogP contribution is 2.25. The molecule has 1 N–H and O–H groups in total. The molecule has 1 aromatic heterocycles. The summed E-state index contributed by atoms with van der Waals surface area (Å²) in [6, 6.07) is 15.2. The summed E-state index contributed by atoms with van der Waals surface area (Å²) in [6.45, 7) is 4.92. The van der Waals surface area contributed by atoms with Crippen LogP contribution in [0.4, 0.5) is 0 Å². The van der Waals surface area contributed by atoms with Crippen molar-refractivity contribution in [3.05, 3.63) is 60.4 Å². The van der Waals surface area contributed by atoms with Crippen LogP contribution in [0.1, 0.15) is 24.3 Å². The minimum absolute atomic E-state index is 0.117. The number of rotatable bonds is 9. The van der Waals surface area contributed by atoms with Crippen molar-refractivity contribution >= 4 is 26.7 Å². The van der Waals surface area contributed by atoms with E-state index in [-0.39, 0.29) is 16.5 Å². The molecule has 0 saturated carbocycles. The highest BCUT2D eigenvalue weighted by molar-refractivity contribution is 7.89. The molecule has 0 bridgehead atoms. The fourth-order valence-electron chi connectivity index (χ4n) is 3.35. The molecule has 0 atom stereocenters. The van der Waals surface area contributed by atoms with Gasteiger partial charge in [0.1, 0.15) is 22.9 Å². The van der Waals surface area contributed by atoms with Gasteiger partial charge in [-0.05, 0) is 17.5 Å². The smallest absolute Gasteiger partial charge is 0.268 e. The Labute approximate surface area is 177 Å². The third-order valence-corrected chi connectivity index (χ3v) is 6.97. The maximum absolute atomic E-state index is 12.7. The molecule has 0 radical (unpaired) electrons. The molecule has 0 unspecified atom stereocenters. The summed E-state index contributed by atoms with van der Waals surface area (Å²) < 4.78 is 34.1. The van der Waals surface area contributed by atoms with Crippen molar-refractivity contribution in [3.8, 4) is 5.75 Å². The van der Waals surface area contributed by atoms with Crippen LogP contribution in [0.3, 0.4) is 0 Å². The number of hydrogen-bond donors (Lipinski definition) is 1. The molecule has 0 aliphatic heterocycles. The Morgan fingerprint density at radius 1 is 1.10 bits per heavy atom. The number of nitrogens with one attached hydrogen (secondary N) is 1. The highest BCUT2D eigenvalue weighted by atomic mass is 32.2. The van der Waals surface area contributed by atoms with Crippen LogP contribution in [0.5, 0.6) is 5.75 Å². The molecule has 1 amide bonds. The van der Waals surface area contributed by atoms with E-state index in [0.29, 0.717) is 26.2 Å². The third kappa shape index (κ3) is 4.49. The van der Waals surface area contributed by atoms with E-state index in [1.807, 2.05) is 42.5 Å². The van der Waals surface area contributed by atoms with Crippen molar-refractivity contribution in [3.63, 3.8) is 0 Å². The second-order valence-corrected chi connectivity index (χ2v) is 8.78. The molecule has 2 aromatic carbocycles. The second kappa shape index (κ2) is 9.32. The summed E-state index contributed by atoms with van der Waals surface area (Å²) in [7, 11) is -1.96. The minimum Gasteiger partial charge on any atom is -0.491 e. The standard InChI is InChI=1S/C22H27N3O4S/c1-4-25(5-2)30(27,28)18-15-20(24(3)16-18)22(26)23-13-14-29-21-12-8-10-17-9-6-7-11-19(17)21/h6-12,15-16H,4-5,13-14H2,1-3H3,(H,23,26). The third-order valence-electron chi connectivity index (χ3n) is 4.95. The molecular formula is C22H27N3O4S. The number of carbonyl (C=O) groups is 1. The molecule has 160 valence electrons. The normalized spacial score (nSPS) is 11.7. The van der Waals surface area contributed by atoms with Gasteiger partial charge in [0.05, 0.1) is 6.54 Å². The van der Waals surface area contributed by atoms with Gasteiger partial charge >= 0.3 is 0 Å². The summed E-state index contributed by atoms with van der Waals surface area (Å²) in [4.78, 5) is 12.7. The average Bonchev–Trinajstić information content (AvgIpc) is 3.14. The number of amides is 1. The largest absolute Gasteiger partial charge is 0.491 e. The fourth-order valence-corrected chi connectivity index (χ4v) is 4.88. The summed E-state index contributed by atoms with van der Waals surface area (Å²) in [5.41, 5.74) is 0.283. The van der Waals surface area contributed by atoms with Gasteiger partial charge in [0.2, 0.25) is 10.0 Å². The molecule has 0 aliphatic carbocycles. The van der Waals surface area contributed by atoms with Gasteiger partial charge in [-0.25, -0.2) is 8.42 Å². The first kappa shape index (κ1) is 21.9. The molecule has 0 saturated heterocycles. The number of fused-ring (bicyclic) bond motifs is 1. The van der Waals surface area contributed by atoms with Crippen molar-refractivity contribution in [2.24, 2.45) is 7.05 Å². The Balaban J connectivity index is 1.62. The predicted octanol–water partition coefficient (Wildman–Crippen LogP) is 3.02. The van der Waals surface area contributed by atoms with E-state index in [1.54, 1.807) is 20.9 Å². The van der Waals surface area contributed by atoms with Crippen molar-refractivity contribution < 1.29 is 17.9 Å². The Hall–Kier alpha value is -2.84. The highest BCUT2D eigenvalue weighted by Gasteiger charge is 2.25. The Kier molecular flexibility index (Phi) is 6.79. The summed E-state index contributed by atoms with van der Waals surface area (Å²) in [6.07, 6.45) is 1.47. The Bertz CT molecular complexity index is 1130. The quantitative estimate of drug-likeness (QED) is 0.530. The first-order valence-corrected chi connectivity index (χ1v) is 11.4. The van der Waals surface area contributed by atoms with Gasteiger partial charge in [-0.2, -0.15) is 4.31 Å². The lowest BCUT2D eigenvalue weighted by molar-refractivity contribution is 0.0939. The van der Waals surface area contributed by atoms with Crippen LogP contribution < -0.4 is 10.1 Å². The van der Waals surface area contributed by atoms with E-state index in [2.05, 4.69) is 5.32 Å². The molecule has 8 heteroatoms. The molecule has 0 aliphatic rings. The zero-order chi connectivity index (χ0) is 21.7. The van der Waals surface area contributed by atoms with Crippen molar-refractivity contribution in [1.82, 2.24) is 14.2 Å². The second-order valence-electron chi connectivity index (χ2n) is 6.84. The zero-order valence-corrected chi connectivity index (χ0v) is 18.3. The van der Waals surface area contributed by atoms with Crippen LogP contribution in [0.15, 0.2) is 59.6 Å². The van der Waals surface area contributed by atoms with Gasteiger partial charge in [-0.3, -0.25) is 4.79 Å². The number of nitrogens with zero attached hydrogens (tertiary/aromatic N) is 2. The van der Waals surface area contributed by atoms with Crippen molar-refractivity contribution in [1.29, 1.82) is 0 Å². The predicted molar refractivity (Wildman–Crippen MR) is 117 cm³/mol. The van der Waals surface area contributed by atoms with Gasteiger partial charge in [0.15, 0.2) is 0 Å². The number of aromatic nitrogens is 1. The number of hydrogen-bond acceptors (Lipinski definition) is 4. The molecule has 30 heavy (non-hydrogen) atoms. The van der Waals surface area contributed by atoms with Gasteiger partial charge in [-0.1, -0.05) is 50.2 Å². The van der Waals surface area contributed by atoms with E-state index in [0.717, 1.165) is 16.5 Å². The van der Waals surface area contributed by atoms with Gasteiger partial charge in [0, 0.05) is 31.7 Å². The Morgan fingerprint density at radius 3 is 2.53 bits per heavy atom. The minimum atomic E-state index is -3.61. The lowest BCUT2D eigenvalue weighted by Crippen LogP contribution is -2.30. The molecule has 0 fully saturated rings. The first-order chi connectivity index (χ1) is 14.4. The van der Waals surface area contributed by atoms with E-state index < -0.39 is 10.0 Å². The number of aryl methyl sites for hydroxylation is 1. The summed E-state index contributed by atoms with van der Waals surface area (Å²) >= 11 is 0. The van der Waals surface area contributed by atoms with E-state index in [4.69, 9.17) is 4.74 Å². The first-order valence-electron chi connectivity index (χ1n) is 9.93. The number of ether oxygens (including phenoxy) is 1. The Morgan fingerprint density at radius 2 is 1.80 bits per heavy atom.